The molecule has 2 aliphatic carbocycles. The van der Waals surface area contributed by atoms with Crippen molar-refractivity contribution in [2.75, 3.05) is 0 Å². The minimum Gasteiger partial charge on any atom is -0.352 e. The van der Waals surface area contributed by atoms with Crippen LogP contribution in [0.3, 0.4) is 0 Å². The van der Waals surface area contributed by atoms with Crippen LogP contribution < -0.4 is 10.6 Å². The lowest BCUT2D eigenvalue weighted by molar-refractivity contribution is -0.123. The summed E-state index contributed by atoms with van der Waals surface area (Å²) in [5, 5.41) is 7.85. The first-order valence-corrected chi connectivity index (χ1v) is 8.75. The summed E-state index contributed by atoms with van der Waals surface area (Å²) < 4.78 is 0. The van der Waals surface area contributed by atoms with Crippen molar-refractivity contribution in [2.45, 2.75) is 57.0 Å². The van der Waals surface area contributed by atoms with Crippen LogP contribution in [0.25, 0.3) is 0 Å². The average Bonchev–Trinajstić information content (AvgIpc) is 2.98. The third kappa shape index (κ3) is 4.06. The predicted molar refractivity (Wildman–Crippen MR) is 83.3 cm³/mol. The molecule has 2 saturated carbocycles. The molecule has 0 aliphatic heterocycles. The van der Waals surface area contributed by atoms with E-state index in [2.05, 4.69) is 10.6 Å². The van der Waals surface area contributed by atoms with Gasteiger partial charge in [0.25, 0.3) is 5.91 Å². The molecule has 5 heteroatoms. The fraction of sp³-hybridized carbons (Fsp3) is 0.625. The Morgan fingerprint density at radius 3 is 2.62 bits per heavy atom. The normalized spacial score (nSPS) is 20.2. The van der Waals surface area contributed by atoms with E-state index in [0.29, 0.717) is 16.8 Å². The monoisotopic (exact) mass is 306 g/mol. The standard InChI is InChI=1S/C16H22N2O2S/c19-15(17-12-7-8-12)13(10-11-4-1-2-5-11)18-16(20)14-6-3-9-21-14/h3,6,9,11-13H,1-2,4-5,7-8,10H2,(H,17,19)(H,18,20)/t13-/m0/s1. The van der Waals surface area contributed by atoms with Gasteiger partial charge in [-0.2, -0.15) is 0 Å². The Kier molecular flexibility index (Phi) is 4.58. The Morgan fingerprint density at radius 2 is 2.00 bits per heavy atom. The number of carbonyl (C=O) groups is 2. The van der Waals surface area contributed by atoms with Gasteiger partial charge in [-0.3, -0.25) is 9.59 Å². The van der Waals surface area contributed by atoms with Crippen LogP contribution in [0.15, 0.2) is 17.5 Å². The molecule has 114 valence electrons. The molecule has 0 radical (unpaired) electrons. The molecule has 2 aliphatic rings. The molecule has 0 aromatic carbocycles. The van der Waals surface area contributed by atoms with E-state index in [1.165, 1.54) is 37.0 Å². The molecule has 2 N–H and O–H groups in total. The second-order valence-corrected chi connectivity index (χ2v) is 7.12. The van der Waals surface area contributed by atoms with Gasteiger partial charge in [0.2, 0.25) is 5.91 Å². The lowest BCUT2D eigenvalue weighted by atomic mass is 9.97. The molecule has 1 aromatic heterocycles. The summed E-state index contributed by atoms with van der Waals surface area (Å²) in [6.45, 7) is 0. The first kappa shape index (κ1) is 14.6. The molecule has 0 saturated heterocycles. The van der Waals surface area contributed by atoms with Crippen molar-refractivity contribution in [3.8, 4) is 0 Å². The molecule has 0 bridgehead atoms. The number of amides is 2. The van der Waals surface area contributed by atoms with Crippen LogP contribution in [0.2, 0.25) is 0 Å². The molecule has 2 amide bonds. The first-order valence-electron chi connectivity index (χ1n) is 7.87. The van der Waals surface area contributed by atoms with Crippen LogP contribution in [0.5, 0.6) is 0 Å². The highest BCUT2D eigenvalue weighted by Crippen LogP contribution is 2.29. The van der Waals surface area contributed by atoms with E-state index in [-0.39, 0.29) is 17.9 Å². The fourth-order valence-corrected chi connectivity index (χ4v) is 3.60. The maximum absolute atomic E-state index is 12.4. The number of hydrogen-bond acceptors (Lipinski definition) is 3. The summed E-state index contributed by atoms with van der Waals surface area (Å²) in [6, 6.07) is 3.60. The molecule has 3 rings (SSSR count). The topological polar surface area (TPSA) is 58.2 Å². The van der Waals surface area contributed by atoms with Gasteiger partial charge in [-0.05, 0) is 36.6 Å². The summed E-state index contributed by atoms with van der Waals surface area (Å²) in [5.41, 5.74) is 0. The number of thiophene rings is 1. The molecule has 1 atom stereocenters. The Balaban J connectivity index is 1.61. The van der Waals surface area contributed by atoms with Gasteiger partial charge in [0.1, 0.15) is 6.04 Å². The molecular formula is C16H22N2O2S. The van der Waals surface area contributed by atoms with Crippen LogP contribution in [0, 0.1) is 5.92 Å². The number of carbonyl (C=O) groups excluding carboxylic acids is 2. The van der Waals surface area contributed by atoms with Crippen LogP contribution in [0.4, 0.5) is 0 Å². The van der Waals surface area contributed by atoms with E-state index in [1.807, 2.05) is 11.4 Å². The molecule has 21 heavy (non-hydrogen) atoms. The zero-order valence-electron chi connectivity index (χ0n) is 12.1. The zero-order valence-corrected chi connectivity index (χ0v) is 13.0. The van der Waals surface area contributed by atoms with Gasteiger partial charge in [0.15, 0.2) is 0 Å². The van der Waals surface area contributed by atoms with Crippen molar-refractivity contribution in [1.82, 2.24) is 10.6 Å². The van der Waals surface area contributed by atoms with Crippen LogP contribution in [0.1, 0.15) is 54.6 Å². The second-order valence-electron chi connectivity index (χ2n) is 6.17. The summed E-state index contributed by atoms with van der Waals surface area (Å²) in [4.78, 5) is 25.3. The summed E-state index contributed by atoms with van der Waals surface area (Å²) >= 11 is 1.41. The van der Waals surface area contributed by atoms with Crippen LogP contribution >= 0.6 is 11.3 Å². The summed E-state index contributed by atoms with van der Waals surface area (Å²) in [7, 11) is 0. The molecule has 1 heterocycles. The lowest BCUT2D eigenvalue weighted by Crippen LogP contribution is -2.48. The van der Waals surface area contributed by atoms with Gasteiger partial charge in [0.05, 0.1) is 4.88 Å². The van der Waals surface area contributed by atoms with Crippen LogP contribution in [-0.4, -0.2) is 23.9 Å². The van der Waals surface area contributed by atoms with Crippen molar-refractivity contribution < 1.29 is 9.59 Å². The Labute approximate surface area is 129 Å². The van der Waals surface area contributed by atoms with Gasteiger partial charge in [0, 0.05) is 6.04 Å². The maximum Gasteiger partial charge on any atom is 0.261 e. The number of nitrogens with one attached hydrogen (secondary N) is 2. The van der Waals surface area contributed by atoms with Gasteiger partial charge in [-0.1, -0.05) is 31.7 Å². The van der Waals surface area contributed by atoms with Crippen LogP contribution in [-0.2, 0) is 4.79 Å². The SMILES string of the molecule is O=C(N[C@@H](CC1CCCC1)C(=O)NC1CC1)c1cccs1. The Morgan fingerprint density at radius 1 is 1.24 bits per heavy atom. The number of rotatable bonds is 6. The van der Waals surface area contributed by atoms with E-state index in [9.17, 15) is 9.59 Å². The van der Waals surface area contributed by atoms with E-state index in [1.54, 1.807) is 6.07 Å². The first-order chi connectivity index (χ1) is 10.2. The van der Waals surface area contributed by atoms with Gasteiger partial charge in [-0.15, -0.1) is 11.3 Å². The Bertz CT molecular complexity index is 490. The average molecular weight is 306 g/mol. The largest absolute Gasteiger partial charge is 0.352 e. The molecular weight excluding hydrogens is 284 g/mol. The smallest absolute Gasteiger partial charge is 0.261 e. The molecule has 0 unspecified atom stereocenters. The quantitative estimate of drug-likeness (QED) is 0.849. The third-order valence-electron chi connectivity index (χ3n) is 4.33. The third-order valence-corrected chi connectivity index (χ3v) is 5.20. The lowest BCUT2D eigenvalue weighted by Gasteiger charge is -2.21. The van der Waals surface area contributed by atoms with Gasteiger partial charge >= 0.3 is 0 Å². The predicted octanol–water partition coefficient (Wildman–Crippen LogP) is 2.71. The maximum atomic E-state index is 12.4. The fourth-order valence-electron chi connectivity index (χ4n) is 2.98. The van der Waals surface area contributed by atoms with E-state index in [0.717, 1.165) is 19.3 Å². The van der Waals surface area contributed by atoms with Gasteiger partial charge in [-0.25, -0.2) is 0 Å². The highest BCUT2D eigenvalue weighted by atomic mass is 32.1. The van der Waals surface area contributed by atoms with Crippen molar-refractivity contribution in [1.29, 1.82) is 0 Å². The number of hydrogen-bond donors (Lipinski definition) is 2. The minimum atomic E-state index is -0.386. The van der Waals surface area contributed by atoms with Crippen molar-refractivity contribution in [2.24, 2.45) is 5.92 Å². The molecule has 0 spiro atoms. The van der Waals surface area contributed by atoms with Crippen molar-refractivity contribution in [3.05, 3.63) is 22.4 Å². The Hall–Kier alpha value is -1.36. The van der Waals surface area contributed by atoms with Crippen molar-refractivity contribution >= 4 is 23.2 Å². The molecule has 4 nitrogen and oxygen atoms in total. The molecule has 2 fully saturated rings. The van der Waals surface area contributed by atoms with E-state index >= 15 is 0 Å². The minimum absolute atomic E-state index is 0.00527. The highest BCUT2D eigenvalue weighted by Gasteiger charge is 2.31. The van der Waals surface area contributed by atoms with E-state index in [4.69, 9.17) is 0 Å². The second kappa shape index (κ2) is 6.60. The summed E-state index contributed by atoms with van der Waals surface area (Å²) in [6.07, 6.45) is 7.78. The van der Waals surface area contributed by atoms with Gasteiger partial charge < -0.3 is 10.6 Å². The van der Waals surface area contributed by atoms with Crippen molar-refractivity contribution in [3.63, 3.8) is 0 Å². The highest BCUT2D eigenvalue weighted by molar-refractivity contribution is 7.12. The zero-order chi connectivity index (χ0) is 14.7. The molecule has 1 aromatic rings. The summed E-state index contributed by atoms with van der Waals surface area (Å²) in [5.74, 6) is 0.442. The van der Waals surface area contributed by atoms with E-state index < -0.39 is 0 Å².